The van der Waals surface area contributed by atoms with E-state index in [2.05, 4.69) is 0 Å². The lowest BCUT2D eigenvalue weighted by Gasteiger charge is -2.09. The molecule has 0 saturated carbocycles. The molecule has 17 heavy (non-hydrogen) atoms. The summed E-state index contributed by atoms with van der Waals surface area (Å²) in [6.07, 6.45) is 3.30. The lowest BCUT2D eigenvalue weighted by atomic mass is 10.0. The highest BCUT2D eigenvalue weighted by molar-refractivity contribution is 6.04. The van der Waals surface area contributed by atoms with E-state index < -0.39 is 0 Å². The predicted octanol–water partition coefficient (Wildman–Crippen LogP) is 2.57. The summed E-state index contributed by atoms with van der Waals surface area (Å²) in [5.74, 6) is 0.742. The number of nitrogens with zero attached hydrogens (tertiary/aromatic N) is 1. The van der Waals surface area contributed by atoms with Gasteiger partial charge in [0.1, 0.15) is 5.75 Å². The average molecular weight is 233 g/mol. The molecule has 0 aliphatic carbocycles. The summed E-state index contributed by atoms with van der Waals surface area (Å²) in [6, 6.07) is 3.67. The van der Waals surface area contributed by atoms with Gasteiger partial charge >= 0.3 is 0 Å². The highest BCUT2D eigenvalue weighted by Crippen LogP contribution is 2.23. The topological polar surface area (TPSA) is 29.5 Å². The monoisotopic (exact) mass is 233 g/mol. The second-order valence-electron chi connectivity index (χ2n) is 4.26. The first-order chi connectivity index (χ1) is 7.95. The average Bonchev–Trinajstić information content (AvgIpc) is 2.29. The quantitative estimate of drug-likeness (QED) is 0.591. The third kappa shape index (κ3) is 3.34. The van der Waals surface area contributed by atoms with Gasteiger partial charge in [0.2, 0.25) is 0 Å². The maximum Gasteiger partial charge on any atom is 0.187 e. The third-order valence-corrected chi connectivity index (χ3v) is 2.65. The molecule has 0 aromatic heterocycles. The first-order valence-corrected chi connectivity index (χ1v) is 5.50. The lowest BCUT2D eigenvalue weighted by Crippen LogP contribution is -2.04. The molecule has 3 heteroatoms. The van der Waals surface area contributed by atoms with E-state index in [0.29, 0.717) is 5.56 Å². The van der Waals surface area contributed by atoms with Crippen molar-refractivity contribution in [1.29, 1.82) is 0 Å². The van der Waals surface area contributed by atoms with Crippen LogP contribution < -0.4 is 4.74 Å². The Kier molecular flexibility index (Phi) is 4.32. The van der Waals surface area contributed by atoms with Crippen LogP contribution in [0.2, 0.25) is 0 Å². The maximum atomic E-state index is 11.9. The molecule has 0 atom stereocenters. The Morgan fingerprint density at radius 1 is 1.29 bits per heavy atom. The Hall–Kier alpha value is -1.77. The molecule has 0 heterocycles. The molecule has 1 aromatic rings. The van der Waals surface area contributed by atoms with E-state index in [9.17, 15) is 4.79 Å². The van der Waals surface area contributed by atoms with Crippen molar-refractivity contribution in [3.8, 4) is 5.75 Å². The first-order valence-electron chi connectivity index (χ1n) is 5.50. The number of ketones is 1. The molecule has 1 rings (SSSR count). The highest BCUT2D eigenvalue weighted by atomic mass is 16.5. The van der Waals surface area contributed by atoms with Crippen LogP contribution >= 0.6 is 0 Å². The number of hydrogen-bond donors (Lipinski definition) is 0. The summed E-state index contributed by atoms with van der Waals surface area (Å²) >= 11 is 0. The molecule has 0 aliphatic heterocycles. The normalized spacial score (nSPS) is 10.6. The summed E-state index contributed by atoms with van der Waals surface area (Å²) in [5, 5.41) is 0. The SMILES string of the molecule is COc1cc(C(=O)C=CN(C)C)cc(C)c1C. The van der Waals surface area contributed by atoms with E-state index in [-0.39, 0.29) is 5.78 Å². The number of ether oxygens (including phenoxy) is 1. The van der Waals surface area contributed by atoms with Crippen LogP contribution in [0.1, 0.15) is 21.5 Å². The number of carbonyl (C=O) groups is 1. The zero-order valence-corrected chi connectivity index (χ0v) is 11.1. The highest BCUT2D eigenvalue weighted by Gasteiger charge is 2.08. The minimum atomic E-state index is -0.0138. The zero-order chi connectivity index (χ0) is 13.0. The Morgan fingerprint density at radius 2 is 1.94 bits per heavy atom. The molecule has 0 fully saturated rings. The second-order valence-corrected chi connectivity index (χ2v) is 4.26. The number of allylic oxidation sites excluding steroid dienone is 1. The fourth-order valence-electron chi connectivity index (χ4n) is 1.49. The molecule has 0 bridgehead atoms. The van der Waals surface area contributed by atoms with Crippen molar-refractivity contribution >= 4 is 5.78 Å². The summed E-state index contributed by atoms with van der Waals surface area (Å²) < 4.78 is 5.26. The van der Waals surface area contributed by atoms with Crippen LogP contribution in [-0.4, -0.2) is 31.9 Å². The molecule has 0 N–H and O–H groups in total. The lowest BCUT2D eigenvalue weighted by molar-refractivity contribution is 0.104. The first kappa shape index (κ1) is 13.3. The molecule has 0 radical (unpaired) electrons. The molecule has 3 nitrogen and oxygen atoms in total. The number of rotatable bonds is 4. The van der Waals surface area contributed by atoms with Gasteiger partial charge in [-0.3, -0.25) is 4.79 Å². The summed E-state index contributed by atoms with van der Waals surface area (Å²) in [6.45, 7) is 3.96. The van der Waals surface area contributed by atoms with Crippen LogP contribution in [0.15, 0.2) is 24.4 Å². The number of benzene rings is 1. The molecule has 1 aromatic carbocycles. The number of methoxy groups -OCH3 is 1. The van der Waals surface area contributed by atoms with Crippen LogP contribution in [0.3, 0.4) is 0 Å². The van der Waals surface area contributed by atoms with Crippen molar-refractivity contribution in [1.82, 2.24) is 4.90 Å². The van der Waals surface area contributed by atoms with Gasteiger partial charge in [-0.1, -0.05) is 0 Å². The molecule has 0 amide bonds. The molecular formula is C14H19NO2. The Bertz CT molecular complexity index is 448. The fraction of sp³-hybridized carbons (Fsp3) is 0.357. The van der Waals surface area contributed by atoms with Crippen LogP contribution in [0.4, 0.5) is 0 Å². The van der Waals surface area contributed by atoms with Gasteiger partial charge in [0.25, 0.3) is 0 Å². The standard InChI is InChI=1S/C14H19NO2/c1-10-8-12(9-14(17-5)11(10)2)13(16)6-7-15(3)4/h6-9H,1-5H3. The molecule has 0 unspecified atom stereocenters. The number of hydrogen-bond acceptors (Lipinski definition) is 3. The van der Waals surface area contributed by atoms with Gasteiger partial charge in [-0.25, -0.2) is 0 Å². The van der Waals surface area contributed by atoms with E-state index in [1.54, 1.807) is 25.5 Å². The Morgan fingerprint density at radius 3 is 2.47 bits per heavy atom. The van der Waals surface area contributed by atoms with Crippen LogP contribution in [0.5, 0.6) is 5.75 Å². The molecule has 0 aliphatic rings. The van der Waals surface area contributed by atoms with Crippen LogP contribution in [0, 0.1) is 13.8 Å². The Labute approximate surface area is 103 Å². The summed E-state index contributed by atoms with van der Waals surface area (Å²) in [7, 11) is 5.38. The molecule has 0 saturated heterocycles. The largest absolute Gasteiger partial charge is 0.496 e. The number of carbonyl (C=O) groups excluding carboxylic acids is 1. The minimum Gasteiger partial charge on any atom is -0.496 e. The van der Waals surface area contributed by atoms with Crippen molar-refractivity contribution in [2.24, 2.45) is 0 Å². The minimum absolute atomic E-state index is 0.0138. The third-order valence-electron chi connectivity index (χ3n) is 2.65. The summed E-state index contributed by atoms with van der Waals surface area (Å²) in [5.41, 5.74) is 2.79. The van der Waals surface area contributed by atoms with Crippen molar-refractivity contribution in [3.05, 3.63) is 41.1 Å². The van der Waals surface area contributed by atoms with Crippen LogP contribution in [0.25, 0.3) is 0 Å². The fourth-order valence-corrected chi connectivity index (χ4v) is 1.49. The van der Waals surface area contributed by atoms with Crippen molar-refractivity contribution in [2.45, 2.75) is 13.8 Å². The van der Waals surface area contributed by atoms with Gasteiger partial charge in [-0.2, -0.15) is 0 Å². The van der Waals surface area contributed by atoms with E-state index in [1.165, 1.54) is 0 Å². The predicted molar refractivity (Wildman–Crippen MR) is 69.6 cm³/mol. The molecule has 92 valence electrons. The van der Waals surface area contributed by atoms with Gasteiger partial charge in [-0.05, 0) is 37.1 Å². The molecular weight excluding hydrogens is 214 g/mol. The van der Waals surface area contributed by atoms with Crippen LogP contribution in [-0.2, 0) is 0 Å². The van der Waals surface area contributed by atoms with E-state index in [0.717, 1.165) is 16.9 Å². The van der Waals surface area contributed by atoms with Gasteiger partial charge in [0, 0.05) is 31.9 Å². The smallest absolute Gasteiger partial charge is 0.187 e. The van der Waals surface area contributed by atoms with E-state index in [1.807, 2.05) is 38.9 Å². The van der Waals surface area contributed by atoms with Gasteiger partial charge < -0.3 is 9.64 Å². The van der Waals surface area contributed by atoms with Gasteiger partial charge in [0.05, 0.1) is 7.11 Å². The maximum absolute atomic E-state index is 11.9. The van der Waals surface area contributed by atoms with E-state index >= 15 is 0 Å². The van der Waals surface area contributed by atoms with E-state index in [4.69, 9.17) is 4.74 Å². The van der Waals surface area contributed by atoms with Crippen molar-refractivity contribution in [2.75, 3.05) is 21.2 Å². The van der Waals surface area contributed by atoms with Gasteiger partial charge in [0.15, 0.2) is 5.78 Å². The zero-order valence-electron chi connectivity index (χ0n) is 11.1. The summed E-state index contributed by atoms with van der Waals surface area (Å²) in [4.78, 5) is 13.7. The van der Waals surface area contributed by atoms with Crippen molar-refractivity contribution in [3.63, 3.8) is 0 Å². The number of aryl methyl sites for hydroxylation is 1. The second kappa shape index (κ2) is 5.53. The molecule has 0 spiro atoms. The van der Waals surface area contributed by atoms with Crippen molar-refractivity contribution < 1.29 is 9.53 Å². The van der Waals surface area contributed by atoms with Gasteiger partial charge in [-0.15, -0.1) is 0 Å². The Balaban J connectivity index is 3.07.